The maximum absolute atomic E-state index is 11.1. The molecule has 4 heteroatoms. The predicted molar refractivity (Wildman–Crippen MR) is 60.0 cm³/mol. The zero-order chi connectivity index (χ0) is 10.7. The molecule has 0 saturated carbocycles. The summed E-state index contributed by atoms with van der Waals surface area (Å²) in [7, 11) is -2.94. The average Bonchev–Trinajstić information content (AvgIpc) is 2.57. The van der Waals surface area contributed by atoms with Crippen LogP contribution < -0.4 is 5.32 Å². The van der Waals surface area contributed by atoms with Gasteiger partial charge in [0.25, 0.3) is 0 Å². The second-order valence-electron chi connectivity index (χ2n) is 3.63. The maximum atomic E-state index is 11.1. The van der Waals surface area contributed by atoms with Gasteiger partial charge in [0.1, 0.15) is 0 Å². The van der Waals surface area contributed by atoms with Gasteiger partial charge in [-0.25, -0.2) is 8.42 Å². The Kier molecular flexibility index (Phi) is 2.88. The van der Waals surface area contributed by atoms with Crippen molar-refractivity contribution < 1.29 is 8.42 Å². The normalized spacial score (nSPS) is 23.1. The first-order valence-corrected chi connectivity index (χ1v) is 6.55. The first-order valence-electron chi connectivity index (χ1n) is 4.84. The van der Waals surface area contributed by atoms with Gasteiger partial charge in [-0.05, 0) is 5.56 Å². The van der Waals surface area contributed by atoms with Gasteiger partial charge in [-0.15, -0.1) is 0 Å². The molecular weight excluding hydrogens is 210 g/mol. The second-order valence-corrected chi connectivity index (χ2v) is 5.56. The van der Waals surface area contributed by atoms with Crippen LogP contribution in [0.4, 0.5) is 0 Å². The summed E-state index contributed by atoms with van der Waals surface area (Å²) < 4.78 is 22.3. The minimum absolute atomic E-state index is 0.0461. The summed E-state index contributed by atoms with van der Waals surface area (Å²) in [5.74, 6) is 0.180. The Morgan fingerprint density at radius 3 is 2.60 bits per heavy atom. The minimum Gasteiger partial charge on any atom is -0.305 e. The number of rotatable bonds is 3. The van der Waals surface area contributed by atoms with Crippen LogP contribution in [0.25, 0.3) is 0 Å². The molecule has 0 fully saturated rings. The van der Waals surface area contributed by atoms with E-state index in [1.807, 2.05) is 30.3 Å². The van der Waals surface area contributed by atoms with E-state index in [9.17, 15) is 8.42 Å². The van der Waals surface area contributed by atoms with Gasteiger partial charge >= 0.3 is 0 Å². The van der Waals surface area contributed by atoms with E-state index in [4.69, 9.17) is 0 Å². The van der Waals surface area contributed by atoms with E-state index in [-0.39, 0.29) is 11.8 Å². The third-order valence-corrected chi connectivity index (χ3v) is 3.74. The van der Waals surface area contributed by atoms with E-state index in [1.165, 1.54) is 5.41 Å². The van der Waals surface area contributed by atoms with E-state index in [2.05, 4.69) is 5.32 Å². The molecule has 1 N–H and O–H groups in total. The van der Waals surface area contributed by atoms with Crippen LogP contribution >= 0.6 is 0 Å². The third kappa shape index (κ3) is 2.91. The first-order chi connectivity index (χ1) is 7.16. The van der Waals surface area contributed by atoms with Gasteiger partial charge in [0.05, 0.1) is 5.75 Å². The standard InChI is InChI=1S/C11H13NO2S/c13-15(14)7-6-11(9-15)12-8-10-4-2-1-3-5-10/h1-7,11-12H,8-9H2/t11-/m0/s1. The Labute approximate surface area is 89.7 Å². The lowest BCUT2D eigenvalue weighted by Gasteiger charge is -2.09. The van der Waals surface area contributed by atoms with E-state index in [0.29, 0.717) is 6.54 Å². The zero-order valence-electron chi connectivity index (χ0n) is 8.26. The molecule has 0 aromatic heterocycles. The quantitative estimate of drug-likeness (QED) is 0.834. The van der Waals surface area contributed by atoms with Crippen molar-refractivity contribution in [1.82, 2.24) is 5.32 Å². The monoisotopic (exact) mass is 223 g/mol. The Balaban J connectivity index is 1.89. The Morgan fingerprint density at radius 1 is 1.27 bits per heavy atom. The van der Waals surface area contributed by atoms with Crippen LogP contribution in [-0.2, 0) is 16.4 Å². The van der Waals surface area contributed by atoms with Crippen molar-refractivity contribution in [2.75, 3.05) is 5.75 Å². The molecule has 1 aliphatic heterocycles. The molecule has 2 rings (SSSR count). The van der Waals surface area contributed by atoms with Gasteiger partial charge < -0.3 is 5.32 Å². The van der Waals surface area contributed by atoms with Gasteiger partial charge in [0, 0.05) is 18.0 Å². The van der Waals surface area contributed by atoms with Gasteiger partial charge in [0.2, 0.25) is 0 Å². The summed E-state index contributed by atoms with van der Waals surface area (Å²) in [6, 6.07) is 9.88. The summed E-state index contributed by atoms with van der Waals surface area (Å²) in [6.07, 6.45) is 1.71. The van der Waals surface area contributed by atoms with E-state index >= 15 is 0 Å². The highest BCUT2D eigenvalue weighted by atomic mass is 32.2. The van der Waals surface area contributed by atoms with Crippen LogP contribution in [-0.4, -0.2) is 20.2 Å². The molecule has 0 radical (unpaired) electrons. The van der Waals surface area contributed by atoms with Crippen molar-refractivity contribution in [3.63, 3.8) is 0 Å². The first kappa shape index (κ1) is 10.4. The fourth-order valence-electron chi connectivity index (χ4n) is 1.55. The van der Waals surface area contributed by atoms with Crippen LogP contribution in [0.15, 0.2) is 41.8 Å². The van der Waals surface area contributed by atoms with Gasteiger partial charge in [-0.3, -0.25) is 0 Å². The highest BCUT2D eigenvalue weighted by Crippen LogP contribution is 2.08. The van der Waals surface area contributed by atoms with Crippen LogP contribution in [0, 0.1) is 0 Å². The molecule has 0 saturated heterocycles. The summed E-state index contributed by atoms with van der Waals surface area (Å²) in [6.45, 7) is 0.700. The molecule has 3 nitrogen and oxygen atoms in total. The van der Waals surface area contributed by atoms with E-state index < -0.39 is 9.84 Å². The Hall–Kier alpha value is -1.13. The largest absolute Gasteiger partial charge is 0.305 e. The van der Waals surface area contributed by atoms with Crippen molar-refractivity contribution >= 4 is 9.84 Å². The number of hydrogen-bond donors (Lipinski definition) is 1. The number of sulfone groups is 1. The smallest absolute Gasteiger partial charge is 0.173 e. The Bertz CT molecular complexity index is 451. The van der Waals surface area contributed by atoms with E-state index in [0.717, 1.165) is 5.56 Å². The summed E-state index contributed by atoms with van der Waals surface area (Å²) >= 11 is 0. The lowest BCUT2D eigenvalue weighted by atomic mass is 10.2. The molecule has 0 amide bonds. The lowest BCUT2D eigenvalue weighted by Crippen LogP contribution is -2.29. The molecule has 0 aliphatic carbocycles. The third-order valence-electron chi connectivity index (χ3n) is 2.34. The predicted octanol–water partition coefficient (Wildman–Crippen LogP) is 1.09. The lowest BCUT2D eigenvalue weighted by molar-refractivity contribution is 0.590. The maximum Gasteiger partial charge on any atom is 0.173 e. The topological polar surface area (TPSA) is 46.2 Å². The van der Waals surface area contributed by atoms with Crippen LogP contribution in [0.1, 0.15) is 5.56 Å². The van der Waals surface area contributed by atoms with Crippen LogP contribution in [0.5, 0.6) is 0 Å². The molecule has 80 valence electrons. The SMILES string of the molecule is O=S1(=O)C=C[C@H](NCc2ccccc2)C1. The molecular formula is C11H13NO2S. The summed E-state index contributed by atoms with van der Waals surface area (Å²) in [4.78, 5) is 0. The highest BCUT2D eigenvalue weighted by Gasteiger charge is 2.20. The number of hydrogen-bond acceptors (Lipinski definition) is 3. The molecule has 1 aromatic carbocycles. The van der Waals surface area contributed by atoms with Crippen molar-refractivity contribution in [1.29, 1.82) is 0 Å². The summed E-state index contributed by atoms with van der Waals surface area (Å²) in [5.41, 5.74) is 1.16. The molecule has 1 atom stereocenters. The van der Waals surface area contributed by atoms with Crippen molar-refractivity contribution in [3.8, 4) is 0 Å². The molecule has 1 aromatic rings. The number of benzene rings is 1. The molecule has 1 heterocycles. The van der Waals surface area contributed by atoms with E-state index in [1.54, 1.807) is 6.08 Å². The summed E-state index contributed by atoms with van der Waals surface area (Å²) in [5, 5.41) is 4.47. The molecule has 0 bridgehead atoms. The second kappa shape index (κ2) is 4.16. The fraction of sp³-hybridized carbons (Fsp3) is 0.273. The van der Waals surface area contributed by atoms with Gasteiger partial charge in [-0.2, -0.15) is 0 Å². The van der Waals surface area contributed by atoms with Gasteiger partial charge in [0.15, 0.2) is 9.84 Å². The molecule has 0 spiro atoms. The van der Waals surface area contributed by atoms with Crippen LogP contribution in [0.3, 0.4) is 0 Å². The molecule has 15 heavy (non-hydrogen) atoms. The number of nitrogens with one attached hydrogen (secondary N) is 1. The van der Waals surface area contributed by atoms with Crippen molar-refractivity contribution in [2.45, 2.75) is 12.6 Å². The average molecular weight is 223 g/mol. The minimum atomic E-state index is -2.94. The highest BCUT2D eigenvalue weighted by molar-refractivity contribution is 7.94. The molecule has 1 aliphatic rings. The zero-order valence-corrected chi connectivity index (χ0v) is 9.07. The fourth-order valence-corrected chi connectivity index (χ4v) is 2.82. The van der Waals surface area contributed by atoms with Crippen molar-refractivity contribution in [3.05, 3.63) is 47.4 Å². The Morgan fingerprint density at radius 2 is 2.00 bits per heavy atom. The van der Waals surface area contributed by atoms with Gasteiger partial charge in [-0.1, -0.05) is 36.4 Å². The molecule has 0 unspecified atom stereocenters. The van der Waals surface area contributed by atoms with Crippen molar-refractivity contribution in [2.24, 2.45) is 0 Å². The van der Waals surface area contributed by atoms with Crippen LogP contribution in [0.2, 0.25) is 0 Å².